The van der Waals surface area contributed by atoms with Crippen molar-refractivity contribution in [3.8, 4) is 11.3 Å². The van der Waals surface area contributed by atoms with Gasteiger partial charge in [0.15, 0.2) is 9.84 Å². The predicted octanol–water partition coefficient (Wildman–Crippen LogP) is 1.28. The van der Waals surface area contributed by atoms with Gasteiger partial charge in [-0.25, -0.2) is 8.42 Å². The fourth-order valence-electron chi connectivity index (χ4n) is 4.13. The summed E-state index contributed by atoms with van der Waals surface area (Å²) in [6.45, 7) is 3.52. The van der Waals surface area contributed by atoms with Gasteiger partial charge in [0.1, 0.15) is 0 Å². The van der Waals surface area contributed by atoms with Gasteiger partial charge in [0.2, 0.25) is 5.91 Å². The lowest BCUT2D eigenvalue weighted by Gasteiger charge is -2.42. The number of likely N-dealkylation sites (tertiary alicyclic amines) is 1. The molecule has 8 heteroatoms. The Hall–Kier alpha value is -2.48. The van der Waals surface area contributed by atoms with Gasteiger partial charge < -0.3 is 9.47 Å². The summed E-state index contributed by atoms with van der Waals surface area (Å²) in [5.41, 5.74) is 2.07. The van der Waals surface area contributed by atoms with Crippen LogP contribution in [0.4, 0.5) is 0 Å². The number of carbonyl (C=O) groups is 1. The van der Waals surface area contributed by atoms with Crippen molar-refractivity contribution >= 4 is 15.7 Å². The number of pyridine rings is 2. The van der Waals surface area contributed by atoms with Crippen LogP contribution in [0.5, 0.6) is 0 Å². The molecule has 0 aromatic carbocycles. The minimum Gasteiger partial charge on any atom is -0.342 e. The van der Waals surface area contributed by atoms with Gasteiger partial charge in [0.05, 0.1) is 10.6 Å². The molecule has 2 aromatic rings. The third kappa shape index (κ3) is 3.29. The van der Waals surface area contributed by atoms with Gasteiger partial charge in [-0.15, -0.1) is 0 Å². The van der Waals surface area contributed by atoms with Crippen LogP contribution < -0.4 is 5.56 Å². The van der Waals surface area contributed by atoms with E-state index in [1.54, 1.807) is 19.1 Å². The maximum atomic E-state index is 12.7. The van der Waals surface area contributed by atoms with Gasteiger partial charge in [0.25, 0.3) is 5.56 Å². The van der Waals surface area contributed by atoms with E-state index in [4.69, 9.17) is 0 Å². The lowest BCUT2D eigenvalue weighted by molar-refractivity contribution is -0.131. The molecule has 1 fully saturated rings. The van der Waals surface area contributed by atoms with Crippen molar-refractivity contribution in [1.82, 2.24) is 14.5 Å². The molecule has 0 N–H and O–H groups in total. The molecule has 1 amide bonds. The number of sulfone groups is 1. The SMILES string of the molecule is CC(=O)N1C[C@@H]2C[C@H](C1)c1cc(-c3ccc(S(C)(=O)=O)cn3)cc(=O)n1C2. The molecule has 2 aromatic heterocycles. The van der Waals surface area contributed by atoms with Crippen LogP contribution in [-0.2, 0) is 21.2 Å². The van der Waals surface area contributed by atoms with Gasteiger partial charge in [-0.05, 0) is 30.5 Å². The maximum absolute atomic E-state index is 12.7. The summed E-state index contributed by atoms with van der Waals surface area (Å²) in [7, 11) is -3.32. The van der Waals surface area contributed by atoms with Crippen molar-refractivity contribution in [3.63, 3.8) is 0 Å². The number of nitrogens with zero attached hydrogens (tertiary/aromatic N) is 3. The number of hydrogen-bond donors (Lipinski definition) is 0. The number of piperidine rings is 1. The van der Waals surface area contributed by atoms with Crippen LogP contribution in [0, 0.1) is 5.92 Å². The van der Waals surface area contributed by atoms with E-state index in [1.807, 2.05) is 15.5 Å². The smallest absolute Gasteiger partial charge is 0.251 e. The predicted molar refractivity (Wildman–Crippen MR) is 100 cm³/mol. The molecule has 142 valence electrons. The summed E-state index contributed by atoms with van der Waals surface area (Å²) in [5, 5.41) is 0. The Bertz CT molecular complexity index is 1070. The number of carbonyl (C=O) groups excluding carboxylic acids is 1. The van der Waals surface area contributed by atoms with E-state index < -0.39 is 9.84 Å². The second kappa shape index (κ2) is 6.30. The van der Waals surface area contributed by atoms with E-state index in [1.165, 1.54) is 12.3 Å². The van der Waals surface area contributed by atoms with Crippen LogP contribution in [0.3, 0.4) is 0 Å². The van der Waals surface area contributed by atoms with Crippen LogP contribution >= 0.6 is 0 Å². The van der Waals surface area contributed by atoms with Crippen molar-refractivity contribution in [1.29, 1.82) is 0 Å². The zero-order valence-electron chi connectivity index (χ0n) is 15.3. The second-order valence-corrected chi connectivity index (χ2v) is 9.51. The van der Waals surface area contributed by atoms with E-state index in [-0.39, 0.29) is 22.3 Å². The minimum atomic E-state index is -3.32. The summed E-state index contributed by atoms with van der Waals surface area (Å²) in [6, 6.07) is 6.63. The van der Waals surface area contributed by atoms with E-state index in [2.05, 4.69) is 4.98 Å². The number of amides is 1. The highest BCUT2D eigenvalue weighted by Crippen LogP contribution is 2.36. The Kier molecular flexibility index (Phi) is 4.18. The molecule has 2 aliphatic rings. The molecule has 27 heavy (non-hydrogen) atoms. The molecule has 0 saturated carbocycles. The zero-order chi connectivity index (χ0) is 19.3. The van der Waals surface area contributed by atoms with Crippen molar-refractivity contribution in [2.45, 2.75) is 30.7 Å². The number of fused-ring (bicyclic) bond motifs is 4. The van der Waals surface area contributed by atoms with Gasteiger partial charge in [-0.2, -0.15) is 0 Å². The van der Waals surface area contributed by atoms with Crippen LogP contribution in [0.25, 0.3) is 11.3 Å². The van der Waals surface area contributed by atoms with Crippen molar-refractivity contribution in [3.05, 3.63) is 46.5 Å². The average Bonchev–Trinajstić information content (AvgIpc) is 2.61. The van der Waals surface area contributed by atoms with Gasteiger partial charge >= 0.3 is 0 Å². The van der Waals surface area contributed by atoms with Crippen LogP contribution in [0.1, 0.15) is 25.0 Å². The van der Waals surface area contributed by atoms with E-state index >= 15 is 0 Å². The molecule has 7 nitrogen and oxygen atoms in total. The molecule has 0 aliphatic carbocycles. The van der Waals surface area contributed by atoms with Gasteiger partial charge in [-0.3, -0.25) is 14.6 Å². The molecule has 0 radical (unpaired) electrons. The number of rotatable bonds is 2. The third-order valence-corrected chi connectivity index (χ3v) is 6.56. The number of hydrogen-bond acceptors (Lipinski definition) is 5. The molecular weight excluding hydrogens is 366 g/mol. The van der Waals surface area contributed by atoms with Crippen molar-refractivity contribution in [2.75, 3.05) is 19.3 Å². The monoisotopic (exact) mass is 387 g/mol. The molecular formula is C19H21N3O4S. The molecule has 4 rings (SSSR count). The van der Waals surface area contributed by atoms with E-state index in [0.29, 0.717) is 36.8 Å². The lowest BCUT2D eigenvalue weighted by Crippen LogP contribution is -2.48. The Morgan fingerprint density at radius 2 is 1.96 bits per heavy atom. The first-order valence-corrected chi connectivity index (χ1v) is 10.8. The highest BCUT2D eigenvalue weighted by atomic mass is 32.2. The first-order valence-electron chi connectivity index (χ1n) is 8.89. The Labute approximate surface area is 157 Å². The molecule has 1 saturated heterocycles. The maximum Gasteiger partial charge on any atom is 0.251 e. The van der Waals surface area contributed by atoms with E-state index in [0.717, 1.165) is 18.4 Å². The largest absolute Gasteiger partial charge is 0.342 e. The zero-order valence-corrected chi connectivity index (χ0v) is 16.1. The average molecular weight is 387 g/mol. The second-order valence-electron chi connectivity index (χ2n) is 7.49. The van der Waals surface area contributed by atoms with Crippen LogP contribution in [0.2, 0.25) is 0 Å². The van der Waals surface area contributed by atoms with Crippen molar-refractivity contribution < 1.29 is 13.2 Å². The van der Waals surface area contributed by atoms with Gasteiger partial charge in [-0.1, -0.05) is 0 Å². The summed E-state index contributed by atoms with van der Waals surface area (Å²) in [6.07, 6.45) is 3.41. The molecule has 2 bridgehead atoms. The molecule has 0 spiro atoms. The number of aromatic nitrogens is 2. The summed E-state index contributed by atoms with van der Waals surface area (Å²) < 4.78 is 25.0. The standard InChI is InChI=1S/C19H21N3O4S/c1-12(23)21-9-13-5-15(11-21)18-6-14(7-19(24)22(18)10-13)17-4-3-16(8-20-17)27(2,25)26/h3-4,6-8,13,15H,5,9-11H2,1-2H3/t13-,15+/m0/s1. The first-order chi connectivity index (χ1) is 12.7. The Morgan fingerprint density at radius 1 is 1.19 bits per heavy atom. The highest BCUT2D eigenvalue weighted by Gasteiger charge is 2.35. The van der Waals surface area contributed by atoms with Crippen molar-refractivity contribution in [2.24, 2.45) is 5.92 Å². The summed E-state index contributed by atoms with van der Waals surface area (Å²) in [4.78, 5) is 30.7. The first kappa shape index (κ1) is 17.9. The highest BCUT2D eigenvalue weighted by molar-refractivity contribution is 7.90. The van der Waals surface area contributed by atoms with Crippen LogP contribution in [-0.4, -0.2) is 48.1 Å². The Balaban J connectivity index is 1.74. The minimum absolute atomic E-state index is 0.0645. The summed E-state index contributed by atoms with van der Waals surface area (Å²) in [5.74, 6) is 0.495. The fourth-order valence-corrected chi connectivity index (χ4v) is 4.69. The molecule has 2 aliphatic heterocycles. The van der Waals surface area contributed by atoms with Gasteiger partial charge in [0, 0.05) is 62.3 Å². The normalized spacial score (nSPS) is 21.6. The fraction of sp³-hybridized carbons (Fsp3) is 0.421. The van der Waals surface area contributed by atoms with Crippen LogP contribution in [0.15, 0.2) is 40.2 Å². The summed E-state index contributed by atoms with van der Waals surface area (Å²) >= 11 is 0. The molecule has 0 unspecified atom stereocenters. The molecule has 4 heterocycles. The Morgan fingerprint density at radius 3 is 2.59 bits per heavy atom. The third-order valence-electron chi connectivity index (χ3n) is 5.46. The quantitative estimate of drug-likeness (QED) is 0.774. The topological polar surface area (TPSA) is 89.3 Å². The lowest BCUT2D eigenvalue weighted by atomic mass is 9.82. The molecule has 2 atom stereocenters. The van der Waals surface area contributed by atoms with E-state index in [9.17, 15) is 18.0 Å².